The maximum Gasteiger partial charge on any atom is 0.126 e. The Morgan fingerprint density at radius 3 is 2.17 bits per heavy atom. The van der Waals surface area contributed by atoms with E-state index in [1.807, 2.05) is 6.92 Å². The molecule has 0 aliphatic carbocycles. The lowest BCUT2D eigenvalue weighted by molar-refractivity contribution is 0.571. The quantitative estimate of drug-likeness (QED) is 0.726. The van der Waals surface area contributed by atoms with Crippen LogP contribution in [-0.4, -0.2) is 0 Å². The van der Waals surface area contributed by atoms with E-state index in [0.717, 1.165) is 6.07 Å². The van der Waals surface area contributed by atoms with Gasteiger partial charge in [-0.05, 0) is 24.1 Å². The summed E-state index contributed by atoms with van der Waals surface area (Å²) in [7, 11) is 0. The molecular weight excluding hydrogens is 160 g/mol. The zero-order valence-electron chi connectivity index (χ0n) is 6.85. The van der Waals surface area contributed by atoms with Gasteiger partial charge in [0.25, 0.3) is 0 Å². The Kier molecular flexibility index (Phi) is 2.76. The Morgan fingerprint density at radius 2 is 1.75 bits per heavy atom. The standard InChI is InChI=1S/C9H11F2N/c1-2-9(12)6-3-7(10)5-8(11)4-6/h3-5,9H,2,12H2,1H3. The summed E-state index contributed by atoms with van der Waals surface area (Å²) in [5.41, 5.74) is 6.11. The Balaban J connectivity index is 3.00. The van der Waals surface area contributed by atoms with Crippen LogP contribution in [0.3, 0.4) is 0 Å². The third kappa shape index (κ3) is 2.01. The number of nitrogens with two attached hydrogens (primary N) is 1. The van der Waals surface area contributed by atoms with Crippen LogP contribution >= 0.6 is 0 Å². The zero-order chi connectivity index (χ0) is 9.14. The summed E-state index contributed by atoms with van der Waals surface area (Å²) < 4.78 is 25.3. The number of benzene rings is 1. The third-order valence-electron chi connectivity index (χ3n) is 1.75. The maximum absolute atomic E-state index is 12.6. The van der Waals surface area contributed by atoms with Gasteiger partial charge < -0.3 is 5.73 Å². The minimum absolute atomic E-state index is 0.282. The summed E-state index contributed by atoms with van der Waals surface area (Å²) in [4.78, 5) is 0. The lowest BCUT2D eigenvalue weighted by Crippen LogP contribution is -2.09. The zero-order valence-corrected chi connectivity index (χ0v) is 6.85. The monoisotopic (exact) mass is 171 g/mol. The van der Waals surface area contributed by atoms with Gasteiger partial charge in [-0.2, -0.15) is 0 Å². The molecule has 0 saturated carbocycles. The van der Waals surface area contributed by atoms with Crippen molar-refractivity contribution in [2.75, 3.05) is 0 Å². The molecule has 3 heteroatoms. The van der Waals surface area contributed by atoms with E-state index in [4.69, 9.17) is 5.73 Å². The van der Waals surface area contributed by atoms with E-state index < -0.39 is 11.6 Å². The van der Waals surface area contributed by atoms with Crippen molar-refractivity contribution in [1.82, 2.24) is 0 Å². The molecule has 0 fully saturated rings. The lowest BCUT2D eigenvalue weighted by atomic mass is 10.1. The van der Waals surface area contributed by atoms with Crippen molar-refractivity contribution in [3.63, 3.8) is 0 Å². The molecule has 0 saturated heterocycles. The SMILES string of the molecule is CCC(N)c1cc(F)cc(F)c1. The average Bonchev–Trinajstić information content (AvgIpc) is 2.01. The van der Waals surface area contributed by atoms with Crippen LogP contribution in [0.5, 0.6) is 0 Å². The Morgan fingerprint density at radius 1 is 1.25 bits per heavy atom. The maximum atomic E-state index is 12.6. The second-order valence-corrected chi connectivity index (χ2v) is 2.72. The fourth-order valence-corrected chi connectivity index (χ4v) is 1.02. The van der Waals surface area contributed by atoms with E-state index in [1.165, 1.54) is 12.1 Å². The molecule has 0 bridgehead atoms. The Hall–Kier alpha value is -0.960. The highest BCUT2D eigenvalue weighted by Gasteiger charge is 2.06. The van der Waals surface area contributed by atoms with Crippen molar-refractivity contribution in [3.05, 3.63) is 35.4 Å². The van der Waals surface area contributed by atoms with Gasteiger partial charge in [0.2, 0.25) is 0 Å². The highest BCUT2D eigenvalue weighted by Crippen LogP contribution is 2.16. The second-order valence-electron chi connectivity index (χ2n) is 2.72. The van der Waals surface area contributed by atoms with Gasteiger partial charge in [-0.15, -0.1) is 0 Å². The molecule has 1 aromatic carbocycles. The molecular formula is C9H11F2N. The summed E-state index contributed by atoms with van der Waals surface area (Å²) in [6.45, 7) is 1.87. The third-order valence-corrected chi connectivity index (χ3v) is 1.75. The highest BCUT2D eigenvalue weighted by atomic mass is 19.1. The largest absolute Gasteiger partial charge is 0.324 e. The summed E-state index contributed by atoms with van der Waals surface area (Å²) in [6.07, 6.45) is 0.670. The van der Waals surface area contributed by atoms with Crippen molar-refractivity contribution >= 4 is 0 Å². The molecule has 0 aliphatic heterocycles. The molecule has 0 radical (unpaired) electrons. The van der Waals surface area contributed by atoms with Crippen LogP contribution in [0.25, 0.3) is 0 Å². The predicted octanol–water partition coefficient (Wildman–Crippen LogP) is 2.37. The first-order valence-corrected chi connectivity index (χ1v) is 3.85. The van der Waals surface area contributed by atoms with E-state index in [2.05, 4.69) is 0 Å². The second kappa shape index (κ2) is 3.63. The van der Waals surface area contributed by atoms with Crippen LogP contribution in [0, 0.1) is 11.6 Å². The van der Waals surface area contributed by atoms with E-state index in [9.17, 15) is 8.78 Å². The van der Waals surface area contributed by atoms with Crippen LogP contribution in [0.1, 0.15) is 24.9 Å². The Labute approximate surface area is 70.2 Å². The first kappa shape index (κ1) is 9.13. The number of rotatable bonds is 2. The molecule has 1 atom stereocenters. The molecule has 12 heavy (non-hydrogen) atoms. The minimum Gasteiger partial charge on any atom is -0.324 e. The highest BCUT2D eigenvalue weighted by molar-refractivity contribution is 5.20. The number of hydrogen-bond donors (Lipinski definition) is 1. The van der Waals surface area contributed by atoms with Gasteiger partial charge in [-0.25, -0.2) is 8.78 Å². The van der Waals surface area contributed by atoms with Crippen LogP contribution < -0.4 is 5.73 Å². The molecule has 1 rings (SSSR count). The normalized spacial score (nSPS) is 13.0. The number of halogens is 2. The molecule has 0 aromatic heterocycles. The van der Waals surface area contributed by atoms with E-state index >= 15 is 0 Å². The number of hydrogen-bond acceptors (Lipinski definition) is 1. The van der Waals surface area contributed by atoms with Gasteiger partial charge in [-0.1, -0.05) is 6.92 Å². The van der Waals surface area contributed by atoms with Crippen molar-refractivity contribution < 1.29 is 8.78 Å². The lowest BCUT2D eigenvalue weighted by Gasteiger charge is -2.08. The van der Waals surface area contributed by atoms with Crippen LogP contribution in [0.4, 0.5) is 8.78 Å². The van der Waals surface area contributed by atoms with Gasteiger partial charge in [0.1, 0.15) is 11.6 Å². The van der Waals surface area contributed by atoms with Gasteiger partial charge in [0, 0.05) is 12.1 Å². The van der Waals surface area contributed by atoms with E-state index in [0.29, 0.717) is 12.0 Å². The van der Waals surface area contributed by atoms with Gasteiger partial charge in [0.05, 0.1) is 0 Å². The van der Waals surface area contributed by atoms with Crippen LogP contribution in [-0.2, 0) is 0 Å². The van der Waals surface area contributed by atoms with Gasteiger partial charge >= 0.3 is 0 Å². The fraction of sp³-hybridized carbons (Fsp3) is 0.333. The predicted molar refractivity (Wildman–Crippen MR) is 43.6 cm³/mol. The molecule has 2 N–H and O–H groups in total. The fourth-order valence-electron chi connectivity index (χ4n) is 1.02. The van der Waals surface area contributed by atoms with Crippen LogP contribution in [0.2, 0.25) is 0 Å². The summed E-state index contributed by atoms with van der Waals surface area (Å²) in [5, 5.41) is 0. The Bertz CT molecular complexity index is 253. The summed E-state index contributed by atoms with van der Waals surface area (Å²) in [6, 6.07) is 3.08. The van der Waals surface area contributed by atoms with Gasteiger partial charge in [-0.3, -0.25) is 0 Å². The average molecular weight is 171 g/mol. The molecule has 66 valence electrons. The van der Waals surface area contributed by atoms with Crippen LogP contribution in [0.15, 0.2) is 18.2 Å². The summed E-state index contributed by atoms with van der Waals surface area (Å²) in [5.74, 6) is -1.15. The first-order chi connectivity index (χ1) is 5.63. The molecule has 0 aliphatic rings. The van der Waals surface area contributed by atoms with Crippen molar-refractivity contribution in [3.8, 4) is 0 Å². The smallest absolute Gasteiger partial charge is 0.126 e. The molecule has 0 spiro atoms. The molecule has 1 unspecified atom stereocenters. The molecule has 1 aromatic rings. The molecule has 0 amide bonds. The minimum atomic E-state index is -0.575. The van der Waals surface area contributed by atoms with Crippen molar-refractivity contribution in [2.24, 2.45) is 5.73 Å². The molecule has 0 heterocycles. The molecule has 1 nitrogen and oxygen atoms in total. The van der Waals surface area contributed by atoms with Crippen molar-refractivity contribution in [2.45, 2.75) is 19.4 Å². The van der Waals surface area contributed by atoms with E-state index in [-0.39, 0.29) is 6.04 Å². The summed E-state index contributed by atoms with van der Waals surface area (Å²) >= 11 is 0. The van der Waals surface area contributed by atoms with Crippen molar-refractivity contribution in [1.29, 1.82) is 0 Å². The van der Waals surface area contributed by atoms with E-state index in [1.54, 1.807) is 0 Å². The van der Waals surface area contributed by atoms with Gasteiger partial charge in [0.15, 0.2) is 0 Å². The first-order valence-electron chi connectivity index (χ1n) is 3.85. The topological polar surface area (TPSA) is 26.0 Å².